The van der Waals surface area contributed by atoms with E-state index in [2.05, 4.69) is 28.2 Å². The van der Waals surface area contributed by atoms with Crippen LogP contribution in [0.4, 0.5) is 19.0 Å². The molecule has 0 aliphatic carbocycles. The highest BCUT2D eigenvalue weighted by Crippen LogP contribution is 2.36. The summed E-state index contributed by atoms with van der Waals surface area (Å²) in [6.07, 6.45) is -0.889. The fraction of sp³-hybridized carbons (Fsp3) is 0.625. The summed E-state index contributed by atoms with van der Waals surface area (Å²) in [5.74, 6) is -0.0893. The van der Waals surface area contributed by atoms with Crippen LogP contribution in [0.15, 0.2) is 6.07 Å². The van der Waals surface area contributed by atoms with Crippen LogP contribution in [0.5, 0.6) is 6.01 Å². The number of alkyl halides is 3. The van der Waals surface area contributed by atoms with E-state index >= 15 is 0 Å². The molecule has 1 unspecified atom stereocenters. The lowest BCUT2D eigenvalue weighted by atomic mass is 10.1. The molecule has 1 atom stereocenters. The van der Waals surface area contributed by atoms with E-state index in [9.17, 15) is 18.0 Å². The molecular weight excluding hydrogens is 507 g/mol. The van der Waals surface area contributed by atoms with Crippen molar-refractivity contribution in [3.05, 3.63) is 22.6 Å². The van der Waals surface area contributed by atoms with Crippen molar-refractivity contribution in [3.8, 4) is 6.01 Å². The van der Waals surface area contributed by atoms with Crippen molar-refractivity contribution in [2.75, 3.05) is 24.6 Å². The van der Waals surface area contributed by atoms with Crippen LogP contribution in [-0.2, 0) is 30.5 Å². The van der Waals surface area contributed by atoms with E-state index in [-0.39, 0.29) is 42.8 Å². The fourth-order valence-corrected chi connectivity index (χ4v) is 6.08. The van der Waals surface area contributed by atoms with Crippen molar-refractivity contribution in [1.29, 1.82) is 0 Å². The van der Waals surface area contributed by atoms with E-state index in [1.165, 1.54) is 0 Å². The Kier molecular flexibility index (Phi) is 6.99. The predicted molar refractivity (Wildman–Crippen MR) is 133 cm³/mol. The highest BCUT2D eigenvalue weighted by Gasteiger charge is 2.40. The lowest BCUT2D eigenvalue weighted by molar-refractivity contribution is -0.147. The van der Waals surface area contributed by atoms with Crippen LogP contribution in [0, 0.1) is 5.92 Å². The highest BCUT2D eigenvalue weighted by molar-refractivity contribution is 7.18. The van der Waals surface area contributed by atoms with Gasteiger partial charge in [0.15, 0.2) is 5.82 Å². The smallest absolute Gasteiger partial charge is 0.451 e. The molecule has 9 nitrogen and oxygen atoms in total. The third kappa shape index (κ3) is 5.10. The molecule has 5 heterocycles. The van der Waals surface area contributed by atoms with Crippen molar-refractivity contribution >= 4 is 33.3 Å². The summed E-state index contributed by atoms with van der Waals surface area (Å²) in [6, 6.07) is 2.23. The number of aryl methyl sites for hydroxylation is 1. The predicted octanol–water partition coefficient (Wildman–Crippen LogP) is 4.30. The second-order valence-corrected chi connectivity index (χ2v) is 10.9. The molecule has 0 saturated carbocycles. The SMILES string of the molecule is CCCc1cc2c(N3CCn4c(nnc4C(F)(F)F)C3)nc(OCC3CCCN3C(=O)C(C)C)nc2s1. The lowest BCUT2D eigenvalue weighted by Crippen LogP contribution is -2.41. The molecule has 0 N–H and O–H groups in total. The summed E-state index contributed by atoms with van der Waals surface area (Å²) in [4.78, 5) is 27.7. The van der Waals surface area contributed by atoms with Crippen LogP contribution in [0.25, 0.3) is 10.2 Å². The summed E-state index contributed by atoms with van der Waals surface area (Å²) in [7, 11) is 0. The molecular formula is C24H30F3N7O2S. The lowest BCUT2D eigenvalue weighted by Gasteiger charge is -2.29. The van der Waals surface area contributed by atoms with Gasteiger partial charge < -0.3 is 19.1 Å². The maximum atomic E-state index is 13.3. The van der Waals surface area contributed by atoms with Gasteiger partial charge in [-0.25, -0.2) is 0 Å². The van der Waals surface area contributed by atoms with Gasteiger partial charge in [0.25, 0.3) is 0 Å². The number of carbonyl (C=O) groups excluding carboxylic acids is 1. The number of thiophene rings is 1. The Labute approximate surface area is 216 Å². The van der Waals surface area contributed by atoms with E-state index in [0.717, 1.165) is 51.9 Å². The van der Waals surface area contributed by atoms with Crippen LogP contribution in [0.3, 0.4) is 0 Å². The minimum Gasteiger partial charge on any atom is -0.461 e. The van der Waals surface area contributed by atoms with Gasteiger partial charge in [0.2, 0.25) is 11.7 Å². The van der Waals surface area contributed by atoms with Crippen molar-refractivity contribution in [2.24, 2.45) is 5.92 Å². The normalized spacial score (nSPS) is 18.2. The number of amides is 1. The molecule has 1 amide bonds. The number of likely N-dealkylation sites (tertiary alicyclic amines) is 1. The minimum atomic E-state index is -4.55. The minimum absolute atomic E-state index is 0.0361. The zero-order valence-electron chi connectivity index (χ0n) is 21.1. The Balaban J connectivity index is 1.42. The molecule has 2 aliphatic rings. The first kappa shape index (κ1) is 25.7. The van der Waals surface area contributed by atoms with E-state index in [4.69, 9.17) is 9.72 Å². The molecule has 2 aliphatic heterocycles. The third-order valence-corrected chi connectivity index (χ3v) is 7.85. The largest absolute Gasteiger partial charge is 0.461 e. The summed E-state index contributed by atoms with van der Waals surface area (Å²) < 4.78 is 47.1. The topological polar surface area (TPSA) is 89.3 Å². The van der Waals surface area contributed by atoms with Gasteiger partial charge in [-0.2, -0.15) is 23.1 Å². The molecule has 0 aromatic carbocycles. The molecule has 1 saturated heterocycles. The van der Waals surface area contributed by atoms with Crippen molar-refractivity contribution in [2.45, 2.75) is 71.8 Å². The first-order valence-electron chi connectivity index (χ1n) is 12.6. The van der Waals surface area contributed by atoms with E-state index in [0.29, 0.717) is 19.0 Å². The third-order valence-electron chi connectivity index (χ3n) is 6.76. The monoisotopic (exact) mass is 537 g/mol. The summed E-state index contributed by atoms with van der Waals surface area (Å²) in [5, 5.41) is 8.04. The molecule has 5 rings (SSSR count). The summed E-state index contributed by atoms with van der Waals surface area (Å²) in [6.45, 7) is 7.46. The molecule has 200 valence electrons. The number of halogens is 3. The van der Waals surface area contributed by atoms with Crippen molar-refractivity contribution < 1.29 is 22.7 Å². The molecule has 3 aromatic heterocycles. The van der Waals surface area contributed by atoms with E-state index < -0.39 is 12.0 Å². The fourth-order valence-electron chi connectivity index (χ4n) is 4.96. The maximum absolute atomic E-state index is 13.3. The Hall–Kier alpha value is -2.96. The van der Waals surface area contributed by atoms with Crippen molar-refractivity contribution in [3.63, 3.8) is 0 Å². The second-order valence-electron chi connectivity index (χ2n) is 9.82. The molecule has 0 bridgehead atoms. The molecule has 0 spiro atoms. The maximum Gasteiger partial charge on any atom is 0.451 e. The molecule has 13 heteroatoms. The molecule has 0 radical (unpaired) electrons. The quantitative estimate of drug-likeness (QED) is 0.444. The van der Waals surface area contributed by atoms with Gasteiger partial charge in [-0.05, 0) is 25.3 Å². The van der Waals surface area contributed by atoms with Gasteiger partial charge in [-0.15, -0.1) is 21.5 Å². The number of hydrogen-bond acceptors (Lipinski definition) is 8. The Morgan fingerprint density at radius 2 is 2.03 bits per heavy atom. The Morgan fingerprint density at radius 1 is 1.22 bits per heavy atom. The van der Waals surface area contributed by atoms with Gasteiger partial charge >= 0.3 is 12.2 Å². The first-order valence-corrected chi connectivity index (χ1v) is 13.4. The second kappa shape index (κ2) is 10.1. The van der Waals surface area contributed by atoms with Crippen LogP contribution in [0.2, 0.25) is 0 Å². The zero-order chi connectivity index (χ0) is 26.3. The number of aromatic nitrogens is 5. The van der Waals surface area contributed by atoms with Crippen LogP contribution in [-0.4, -0.2) is 61.3 Å². The molecule has 1 fully saturated rings. The number of fused-ring (bicyclic) bond motifs is 2. The Bertz CT molecular complexity index is 1290. The number of anilines is 1. The van der Waals surface area contributed by atoms with Gasteiger partial charge in [0, 0.05) is 30.4 Å². The average molecular weight is 538 g/mol. The van der Waals surface area contributed by atoms with Gasteiger partial charge in [0.1, 0.15) is 17.3 Å². The summed E-state index contributed by atoms with van der Waals surface area (Å²) >= 11 is 1.57. The molecule has 37 heavy (non-hydrogen) atoms. The van der Waals surface area contributed by atoms with Crippen LogP contribution in [0.1, 0.15) is 56.6 Å². The van der Waals surface area contributed by atoms with E-state index in [1.807, 2.05) is 23.6 Å². The highest BCUT2D eigenvalue weighted by atomic mass is 32.1. The van der Waals surface area contributed by atoms with Gasteiger partial charge in [-0.3, -0.25) is 4.79 Å². The average Bonchev–Trinajstić information content (AvgIpc) is 3.58. The number of ether oxygens (including phenoxy) is 1. The van der Waals surface area contributed by atoms with Crippen LogP contribution < -0.4 is 9.64 Å². The van der Waals surface area contributed by atoms with Crippen molar-refractivity contribution in [1.82, 2.24) is 29.6 Å². The molecule has 3 aromatic rings. The first-order chi connectivity index (χ1) is 17.7. The zero-order valence-corrected chi connectivity index (χ0v) is 21.9. The van der Waals surface area contributed by atoms with Crippen LogP contribution >= 0.6 is 11.3 Å². The number of nitrogens with zero attached hydrogens (tertiary/aromatic N) is 7. The van der Waals surface area contributed by atoms with Gasteiger partial charge in [-0.1, -0.05) is 27.2 Å². The number of rotatable bonds is 7. The standard InChI is InChI=1S/C24H30F3N7O2S/c1-4-6-16-11-17-19(32-9-10-34-18(12-32)30-31-22(34)24(25,26)27)28-23(29-20(17)37-16)36-13-15-7-5-8-33(15)21(35)14(2)3/h11,14-15H,4-10,12-13H2,1-3H3. The summed E-state index contributed by atoms with van der Waals surface area (Å²) in [5.41, 5.74) is 0. The number of hydrogen-bond donors (Lipinski definition) is 0. The van der Waals surface area contributed by atoms with Gasteiger partial charge in [0.05, 0.1) is 18.0 Å². The Morgan fingerprint density at radius 3 is 2.76 bits per heavy atom. The number of carbonyl (C=O) groups is 1. The van der Waals surface area contributed by atoms with E-state index in [1.54, 1.807) is 11.3 Å².